The van der Waals surface area contributed by atoms with Crippen LogP contribution < -0.4 is 11.3 Å². The Bertz CT molecular complexity index is 514. The summed E-state index contributed by atoms with van der Waals surface area (Å²) >= 11 is 6.32. The van der Waals surface area contributed by atoms with E-state index in [1.54, 1.807) is 6.20 Å². The first-order valence-electron chi connectivity index (χ1n) is 5.83. The number of nitrogens with one attached hydrogen (secondary N) is 1. The number of hydrogen-bond donors (Lipinski definition) is 2. The normalized spacial score (nSPS) is 12.4. The highest BCUT2D eigenvalue weighted by Crippen LogP contribution is 2.27. The van der Waals surface area contributed by atoms with Crippen molar-refractivity contribution in [1.29, 1.82) is 0 Å². The first-order chi connectivity index (χ1) is 8.72. The lowest BCUT2D eigenvalue weighted by molar-refractivity contribution is 0.546. The van der Waals surface area contributed by atoms with Crippen LogP contribution in [0.3, 0.4) is 0 Å². The van der Waals surface area contributed by atoms with E-state index >= 15 is 0 Å². The summed E-state index contributed by atoms with van der Waals surface area (Å²) in [5.74, 6) is 5.64. The number of rotatable bonds is 4. The predicted octanol–water partition coefficient (Wildman–Crippen LogP) is 2.79. The first-order valence-corrected chi connectivity index (χ1v) is 6.21. The minimum Gasteiger partial charge on any atom is -0.271 e. The van der Waals surface area contributed by atoms with E-state index in [4.69, 9.17) is 17.4 Å². The van der Waals surface area contributed by atoms with Gasteiger partial charge in [0.15, 0.2) is 0 Å². The van der Waals surface area contributed by atoms with Crippen LogP contribution in [-0.4, -0.2) is 4.98 Å². The SMILES string of the molecule is Cc1cccc(C(Cc2ccccn2)NN)c1Cl. The van der Waals surface area contributed by atoms with Crippen LogP contribution in [0, 0.1) is 6.92 Å². The molecule has 94 valence electrons. The number of hydrazine groups is 1. The molecule has 2 aromatic rings. The van der Waals surface area contributed by atoms with Gasteiger partial charge in [0.2, 0.25) is 0 Å². The van der Waals surface area contributed by atoms with Crippen molar-refractivity contribution in [3.63, 3.8) is 0 Å². The van der Waals surface area contributed by atoms with Gasteiger partial charge in [-0.15, -0.1) is 0 Å². The molecule has 18 heavy (non-hydrogen) atoms. The van der Waals surface area contributed by atoms with Gasteiger partial charge in [-0.2, -0.15) is 0 Å². The van der Waals surface area contributed by atoms with Gasteiger partial charge in [-0.25, -0.2) is 0 Å². The Labute approximate surface area is 112 Å². The van der Waals surface area contributed by atoms with Crippen LogP contribution in [0.4, 0.5) is 0 Å². The summed E-state index contributed by atoms with van der Waals surface area (Å²) < 4.78 is 0. The molecule has 0 fully saturated rings. The van der Waals surface area contributed by atoms with Crippen molar-refractivity contribution in [3.05, 3.63) is 64.4 Å². The molecule has 2 rings (SSSR count). The fourth-order valence-electron chi connectivity index (χ4n) is 1.93. The van der Waals surface area contributed by atoms with Crippen molar-refractivity contribution < 1.29 is 0 Å². The van der Waals surface area contributed by atoms with E-state index in [1.165, 1.54) is 0 Å². The Balaban J connectivity index is 2.26. The zero-order valence-corrected chi connectivity index (χ0v) is 11.0. The zero-order chi connectivity index (χ0) is 13.0. The maximum Gasteiger partial charge on any atom is 0.0530 e. The molecule has 1 atom stereocenters. The van der Waals surface area contributed by atoms with E-state index in [-0.39, 0.29) is 6.04 Å². The van der Waals surface area contributed by atoms with Crippen LogP contribution in [-0.2, 0) is 6.42 Å². The molecule has 4 heteroatoms. The van der Waals surface area contributed by atoms with Crippen LogP contribution in [0.1, 0.15) is 22.9 Å². The fourth-order valence-corrected chi connectivity index (χ4v) is 2.18. The maximum atomic E-state index is 6.32. The maximum absolute atomic E-state index is 6.32. The van der Waals surface area contributed by atoms with Gasteiger partial charge in [0, 0.05) is 23.3 Å². The molecular weight excluding hydrogens is 246 g/mol. The lowest BCUT2D eigenvalue weighted by atomic mass is 10.0. The number of hydrogen-bond acceptors (Lipinski definition) is 3. The Morgan fingerprint density at radius 3 is 2.78 bits per heavy atom. The number of benzene rings is 1. The Morgan fingerprint density at radius 1 is 1.28 bits per heavy atom. The average Bonchev–Trinajstić information content (AvgIpc) is 2.41. The summed E-state index contributed by atoms with van der Waals surface area (Å²) in [4.78, 5) is 4.31. The van der Waals surface area contributed by atoms with Gasteiger partial charge in [-0.1, -0.05) is 35.9 Å². The highest BCUT2D eigenvalue weighted by molar-refractivity contribution is 6.32. The molecule has 0 aliphatic carbocycles. The van der Waals surface area contributed by atoms with Gasteiger partial charge in [-0.3, -0.25) is 16.3 Å². The summed E-state index contributed by atoms with van der Waals surface area (Å²) in [5.41, 5.74) is 5.85. The van der Waals surface area contributed by atoms with Crippen LogP contribution in [0.15, 0.2) is 42.6 Å². The molecule has 0 saturated heterocycles. The second-order valence-electron chi connectivity index (χ2n) is 4.22. The Hall–Kier alpha value is -1.42. The van der Waals surface area contributed by atoms with E-state index in [0.717, 1.165) is 21.8 Å². The van der Waals surface area contributed by atoms with Crippen molar-refractivity contribution in [2.24, 2.45) is 5.84 Å². The zero-order valence-electron chi connectivity index (χ0n) is 10.2. The average molecular weight is 262 g/mol. The minimum atomic E-state index is -0.0349. The molecule has 1 aromatic heterocycles. The summed E-state index contributed by atoms with van der Waals surface area (Å²) in [6, 6.07) is 11.8. The third kappa shape index (κ3) is 2.88. The molecule has 3 nitrogen and oxygen atoms in total. The van der Waals surface area contributed by atoms with Gasteiger partial charge in [0.25, 0.3) is 0 Å². The summed E-state index contributed by atoms with van der Waals surface area (Å²) in [7, 11) is 0. The van der Waals surface area contributed by atoms with E-state index < -0.39 is 0 Å². The van der Waals surface area contributed by atoms with Gasteiger partial charge in [0.05, 0.1) is 6.04 Å². The summed E-state index contributed by atoms with van der Waals surface area (Å²) in [6.07, 6.45) is 2.49. The van der Waals surface area contributed by atoms with Crippen molar-refractivity contribution >= 4 is 11.6 Å². The van der Waals surface area contributed by atoms with E-state index in [2.05, 4.69) is 10.4 Å². The molecule has 0 bridgehead atoms. The molecule has 0 spiro atoms. The summed E-state index contributed by atoms with van der Waals surface area (Å²) in [6.45, 7) is 1.99. The van der Waals surface area contributed by atoms with E-state index in [9.17, 15) is 0 Å². The van der Waals surface area contributed by atoms with Crippen LogP contribution in [0.2, 0.25) is 5.02 Å². The van der Waals surface area contributed by atoms with E-state index in [1.807, 2.05) is 43.3 Å². The van der Waals surface area contributed by atoms with Crippen LogP contribution in [0.25, 0.3) is 0 Å². The molecule has 1 aromatic carbocycles. The molecule has 1 heterocycles. The lowest BCUT2D eigenvalue weighted by Crippen LogP contribution is -2.30. The molecular formula is C14H16ClN3. The number of pyridine rings is 1. The number of nitrogens with zero attached hydrogens (tertiary/aromatic N) is 1. The monoisotopic (exact) mass is 261 g/mol. The van der Waals surface area contributed by atoms with Gasteiger partial charge >= 0.3 is 0 Å². The smallest absolute Gasteiger partial charge is 0.0530 e. The topological polar surface area (TPSA) is 50.9 Å². The third-order valence-corrected chi connectivity index (χ3v) is 3.45. The molecule has 1 unspecified atom stereocenters. The number of halogens is 1. The van der Waals surface area contributed by atoms with Crippen LogP contribution >= 0.6 is 11.6 Å². The van der Waals surface area contributed by atoms with E-state index in [0.29, 0.717) is 6.42 Å². The molecule has 0 radical (unpaired) electrons. The largest absolute Gasteiger partial charge is 0.271 e. The van der Waals surface area contributed by atoms with Crippen molar-refractivity contribution in [2.75, 3.05) is 0 Å². The number of aryl methyl sites for hydroxylation is 1. The molecule has 0 amide bonds. The van der Waals surface area contributed by atoms with Crippen LogP contribution in [0.5, 0.6) is 0 Å². The molecule has 3 N–H and O–H groups in total. The Kier molecular flexibility index (Phi) is 4.31. The second-order valence-corrected chi connectivity index (χ2v) is 4.60. The van der Waals surface area contributed by atoms with Crippen molar-refractivity contribution in [1.82, 2.24) is 10.4 Å². The molecule has 0 aliphatic rings. The fraction of sp³-hybridized carbons (Fsp3) is 0.214. The number of aromatic nitrogens is 1. The van der Waals surface area contributed by atoms with Gasteiger partial charge in [0.1, 0.15) is 0 Å². The quantitative estimate of drug-likeness (QED) is 0.657. The lowest BCUT2D eigenvalue weighted by Gasteiger charge is -2.18. The highest BCUT2D eigenvalue weighted by Gasteiger charge is 2.15. The first kappa shape index (κ1) is 13.0. The minimum absolute atomic E-state index is 0.0349. The Morgan fingerprint density at radius 2 is 2.11 bits per heavy atom. The molecule has 0 saturated carbocycles. The molecule has 0 aliphatic heterocycles. The van der Waals surface area contributed by atoms with Crippen molar-refractivity contribution in [2.45, 2.75) is 19.4 Å². The van der Waals surface area contributed by atoms with Gasteiger partial charge in [-0.05, 0) is 30.2 Å². The second kappa shape index (κ2) is 5.96. The highest BCUT2D eigenvalue weighted by atomic mass is 35.5. The standard InChI is InChI=1S/C14H16ClN3/c1-10-5-4-7-12(14(10)15)13(18-16)9-11-6-2-3-8-17-11/h2-8,13,18H,9,16H2,1H3. The number of nitrogens with two attached hydrogens (primary N) is 1. The summed E-state index contributed by atoms with van der Waals surface area (Å²) in [5, 5.41) is 0.761. The predicted molar refractivity (Wildman–Crippen MR) is 74.2 cm³/mol. The van der Waals surface area contributed by atoms with Crippen molar-refractivity contribution in [3.8, 4) is 0 Å². The third-order valence-electron chi connectivity index (χ3n) is 2.94. The van der Waals surface area contributed by atoms with Gasteiger partial charge < -0.3 is 0 Å².